The van der Waals surface area contributed by atoms with E-state index >= 15 is 0 Å². The van der Waals surface area contributed by atoms with Gasteiger partial charge in [-0.25, -0.2) is 0 Å². The zero-order valence-corrected chi connectivity index (χ0v) is 10.1. The zero-order valence-electron chi connectivity index (χ0n) is 8.48. The first-order valence-corrected chi connectivity index (χ1v) is 6.08. The Hall–Kier alpha value is -0.390. The Labute approximate surface area is 97.9 Å². The van der Waals surface area contributed by atoms with Gasteiger partial charge in [-0.15, -0.1) is 4.37 Å². The van der Waals surface area contributed by atoms with E-state index in [0.717, 1.165) is 37.4 Å². The van der Waals surface area contributed by atoms with Crippen LogP contribution in [-0.4, -0.2) is 28.1 Å². The van der Waals surface area contributed by atoms with Gasteiger partial charge in [0.2, 0.25) is 5.15 Å². The largest absolute Gasteiger partial charge is 0.471 e. The van der Waals surface area contributed by atoms with Gasteiger partial charge in [0.05, 0.1) is 17.8 Å². The SMILES string of the molecule is COC1CCCC(Oc2nsnc2Cl)C1. The molecule has 1 aromatic rings. The highest BCUT2D eigenvalue weighted by atomic mass is 35.5. The second-order valence-electron chi connectivity index (χ2n) is 3.62. The summed E-state index contributed by atoms with van der Waals surface area (Å²) in [5.41, 5.74) is 0. The zero-order chi connectivity index (χ0) is 10.7. The molecule has 1 aliphatic carbocycles. The molecule has 2 rings (SSSR count). The lowest BCUT2D eigenvalue weighted by Gasteiger charge is -2.27. The average Bonchev–Trinajstić information content (AvgIpc) is 2.65. The summed E-state index contributed by atoms with van der Waals surface area (Å²) in [5.74, 6) is 0.461. The maximum Gasteiger partial charge on any atom is 0.265 e. The van der Waals surface area contributed by atoms with E-state index in [9.17, 15) is 0 Å². The lowest BCUT2D eigenvalue weighted by atomic mass is 9.95. The summed E-state index contributed by atoms with van der Waals surface area (Å²) < 4.78 is 18.9. The van der Waals surface area contributed by atoms with Crippen LogP contribution in [0.5, 0.6) is 5.88 Å². The molecule has 1 aliphatic rings. The Bertz CT molecular complexity index is 321. The summed E-state index contributed by atoms with van der Waals surface area (Å²) in [4.78, 5) is 0. The third-order valence-corrected chi connectivity index (χ3v) is 3.47. The van der Waals surface area contributed by atoms with E-state index in [0.29, 0.717) is 17.1 Å². The van der Waals surface area contributed by atoms with Crippen LogP contribution in [0.4, 0.5) is 0 Å². The molecule has 0 aromatic carbocycles. The summed E-state index contributed by atoms with van der Waals surface area (Å²) in [7, 11) is 1.74. The van der Waals surface area contributed by atoms with Crippen molar-refractivity contribution in [1.82, 2.24) is 8.75 Å². The van der Waals surface area contributed by atoms with Crippen molar-refractivity contribution in [3.63, 3.8) is 0 Å². The molecular formula is C9H13ClN2O2S. The van der Waals surface area contributed by atoms with E-state index in [-0.39, 0.29) is 6.10 Å². The molecular weight excluding hydrogens is 236 g/mol. The lowest BCUT2D eigenvalue weighted by Crippen LogP contribution is -2.29. The molecule has 0 radical (unpaired) electrons. The third kappa shape index (κ3) is 2.80. The summed E-state index contributed by atoms with van der Waals surface area (Å²) in [6.45, 7) is 0. The summed E-state index contributed by atoms with van der Waals surface area (Å²) in [5, 5.41) is 0.361. The van der Waals surface area contributed by atoms with Gasteiger partial charge in [-0.1, -0.05) is 11.6 Å². The van der Waals surface area contributed by atoms with Gasteiger partial charge in [0.15, 0.2) is 0 Å². The lowest BCUT2D eigenvalue weighted by molar-refractivity contribution is 0.0198. The molecule has 0 aliphatic heterocycles. The fraction of sp³-hybridized carbons (Fsp3) is 0.778. The van der Waals surface area contributed by atoms with Gasteiger partial charge in [0.1, 0.15) is 6.10 Å². The number of methoxy groups -OCH3 is 1. The van der Waals surface area contributed by atoms with Crippen molar-refractivity contribution >= 4 is 23.3 Å². The van der Waals surface area contributed by atoms with Gasteiger partial charge in [-0.05, 0) is 19.3 Å². The van der Waals surface area contributed by atoms with Crippen molar-refractivity contribution in [1.29, 1.82) is 0 Å². The Morgan fingerprint density at radius 3 is 2.80 bits per heavy atom. The minimum Gasteiger partial charge on any atom is -0.471 e. The molecule has 15 heavy (non-hydrogen) atoms. The topological polar surface area (TPSA) is 44.2 Å². The van der Waals surface area contributed by atoms with Crippen molar-refractivity contribution < 1.29 is 9.47 Å². The summed E-state index contributed by atoms with van der Waals surface area (Å²) >= 11 is 6.88. The molecule has 2 unspecified atom stereocenters. The molecule has 84 valence electrons. The maximum absolute atomic E-state index is 5.81. The first-order chi connectivity index (χ1) is 7.29. The van der Waals surface area contributed by atoms with E-state index < -0.39 is 0 Å². The number of aromatic nitrogens is 2. The number of rotatable bonds is 3. The summed E-state index contributed by atoms with van der Waals surface area (Å²) in [6.07, 6.45) is 4.63. The van der Waals surface area contributed by atoms with Crippen molar-refractivity contribution in [3.8, 4) is 5.88 Å². The van der Waals surface area contributed by atoms with Crippen molar-refractivity contribution in [3.05, 3.63) is 5.15 Å². The number of ether oxygens (including phenoxy) is 2. The smallest absolute Gasteiger partial charge is 0.265 e. The van der Waals surface area contributed by atoms with Gasteiger partial charge in [0.25, 0.3) is 5.88 Å². The first kappa shape index (κ1) is 11.1. The van der Waals surface area contributed by atoms with Crippen LogP contribution in [0.3, 0.4) is 0 Å². The normalized spacial score (nSPS) is 26.5. The van der Waals surface area contributed by atoms with E-state index in [2.05, 4.69) is 8.75 Å². The molecule has 1 heterocycles. The molecule has 0 bridgehead atoms. The fourth-order valence-electron chi connectivity index (χ4n) is 1.82. The molecule has 1 saturated carbocycles. The van der Waals surface area contributed by atoms with Crippen LogP contribution in [0.15, 0.2) is 0 Å². The van der Waals surface area contributed by atoms with Crippen LogP contribution in [0.2, 0.25) is 5.15 Å². The standard InChI is InChI=1S/C9H13ClN2O2S/c1-13-6-3-2-4-7(5-6)14-9-8(10)11-15-12-9/h6-7H,2-5H2,1H3. The van der Waals surface area contributed by atoms with E-state index in [4.69, 9.17) is 21.1 Å². The molecule has 0 amide bonds. The number of hydrogen-bond donors (Lipinski definition) is 0. The van der Waals surface area contributed by atoms with Gasteiger partial charge >= 0.3 is 0 Å². The van der Waals surface area contributed by atoms with Crippen molar-refractivity contribution in [2.75, 3.05) is 7.11 Å². The molecule has 6 heteroatoms. The fourth-order valence-corrected chi connectivity index (χ4v) is 2.45. The monoisotopic (exact) mass is 248 g/mol. The predicted molar refractivity (Wildman–Crippen MR) is 58.6 cm³/mol. The number of nitrogens with zero attached hydrogens (tertiary/aromatic N) is 2. The number of hydrogen-bond acceptors (Lipinski definition) is 5. The maximum atomic E-state index is 5.81. The third-order valence-electron chi connectivity index (χ3n) is 2.61. The van der Waals surface area contributed by atoms with Crippen LogP contribution in [-0.2, 0) is 4.74 Å². The predicted octanol–water partition coefficient (Wildman–Crippen LogP) is 2.53. The highest BCUT2D eigenvalue weighted by Crippen LogP contribution is 2.28. The van der Waals surface area contributed by atoms with Crippen LogP contribution < -0.4 is 4.74 Å². The van der Waals surface area contributed by atoms with Crippen LogP contribution in [0.1, 0.15) is 25.7 Å². The van der Waals surface area contributed by atoms with E-state index in [1.165, 1.54) is 0 Å². The van der Waals surface area contributed by atoms with Crippen LogP contribution in [0, 0.1) is 0 Å². The second-order valence-corrected chi connectivity index (χ2v) is 4.51. The van der Waals surface area contributed by atoms with Gasteiger partial charge in [-0.3, -0.25) is 0 Å². The molecule has 0 N–H and O–H groups in total. The second kappa shape index (κ2) is 5.09. The van der Waals surface area contributed by atoms with Gasteiger partial charge in [0, 0.05) is 13.5 Å². The highest BCUT2D eigenvalue weighted by Gasteiger charge is 2.24. The minimum absolute atomic E-state index is 0.157. The Morgan fingerprint density at radius 1 is 1.33 bits per heavy atom. The van der Waals surface area contributed by atoms with Crippen LogP contribution in [0.25, 0.3) is 0 Å². The Morgan fingerprint density at radius 2 is 2.13 bits per heavy atom. The Balaban J connectivity index is 1.92. The molecule has 1 fully saturated rings. The van der Waals surface area contributed by atoms with E-state index in [1.807, 2.05) is 0 Å². The van der Waals surface area contributed by atoms with Crippen molar-refractivity contribution in [2.45, 2.75) is 37.9 Å². The molecule has 1 aromatic heterocycles. The van der Waals surface area contributed by atoms with E-state index in [1.54, 1.807) is 7.11 Å². The Kier molecular flexibility index (Phi) is 3.77. The van der Waals surface area contributed by atoms with Gasteiger partial charge < -0.3 is 9.47 Å². The van der Waals surface area contributed by atoms with Gasteiger partial charge in [-0.2, -0.15) is 4.37 Å². The quantitative estimate of drug-likeness (QED) is 0.825. The van der Waals surface area contributed by atoms with Crippen LogP contribution >= 0.6 is 23.3 Å². The average molecular weight is 249 g/mol. The first-order valence-electron chi connectivity index (χ1n) is 4.97. The highest BCUT2D eigenvalue weighted by molar-refractivity contribution is 6.99. The molecule has 0 spiro atoms. The molecule has 2 atom stereocenters. The minimum atomic E-state index is 0.157. The van der Waals surface area contributed by atoms with Crippen molar-refractivity contribution in [2.24, 2.45) is 0 Å². The molecule has 0 saturated heterocycles. The molecule has 4 nitrogen and oxygen atoms in total. The number of halogens is 1. The summed E-state index contributed by atoms with van der Waals surface area (Å²) in [6, 6.07) is 0.